The highest BCUT2D eigenvalue weighted by molar-refractivity contribution is 8.18. The van der Waals surface area contributed by atoms with Gasteiger partial charge < -0.3 is 14.7 Å². The van der Waals surface area contributed by atoms with E-state index in [-0.39, 0.29) is 11.7 Å². The smallest absolute Gasteiger partial charge is 0.286 e. The molecule has 0 aliphatic carbocycles. The number of para-hydroxylation sites is 1. The summed E-state index contributed by atoms with van der Waals surface area (Å²) in [4.78, 5) is 19.0. The van der Waals surface area contributed by atoms with Gasteiger partial charge in [-0.1, -0.05) is 19.1 Å². The molecule has 122 valence electrons. The first kappa shape index (κ1) is 15.9. The standard InChI is InChI=1S/C17H20N2O3S/c1-11-6-8-19(9-7-11)17-18-16(21)14(23-17)10-12-4-3-5-13(22-2)15(12)20/h3-5,10-11,20H,6-9H2,1-2H3/b14-10-. The fraction of sp³-hybridized carbons (Fsp3) is 0.412. The number of methoxy groups -OCH3 is 1. The van der Waals surface area contributed by atoms with Crippen molar-refractivity contribution in [1.82, 2.24) is 4.90 Å². The van der Waals surface area contributed by atoms with Crippen molar-refractivity contribution in [2.24, 2.45) is 10.9 Å². The van der Waals surface area contributed by atoms with Crippen molar-refractivity contribution in [3.63, 3.8) is 0 Å². The molecule has 0 unspecified atom stereocenters. The molecule has 0 bridgehead atoms. The van der Waals surface area contributed by atoms with E-state index in [0.717, 1.165) is 37.0 Å². The number of hydrogen-bond donors (Lipinski definition) is 1. The van der Waals surface area contributed by atoms with E-state index in [1.165, 1.54) is 18.9 Å². The second kappa shape index (κ2) is 6.66. The summed E-state index contributed by atoms with van der Waals surface area (Å²) in [5.41, 5.74) is 0.559. The number of amides is 1. The molecule has 0 aromatic heterocycles. The molecule has 0 radical (unpaired) electrons. The number of piperidine rings is 1. The largest absolute Gasteiger partial charge is 0.504 e. The second-order valence-corrected chi connectivity index (χ2v) is 6.89. The average Bonchev–Trinajstić information content (AvgIpc) is 2.91. The van der Waals surface area contributed by atoms with Crippen LogP contribution < -0.4 is 4.74 Å². The van der Waals surface area contributed by atoms with Crippen molar-refractivity contribution < 1.29 is 14.6 Å². The number of carbonyl (C=O) groups excluding carboxylic acids is 1. The zero-order chi connectivity index (χ0) is 16.4. The molecule has 23 heavy (non-hydrogen) atoms. The lowest BCUT2D eigenvalue weighted by atomic mass is 10.00. The average molecular weight is 332 g/mol. The van der Waals surface area contributed by atoms with Gasteiger partial charge in [0.25, 0.3) is 5.91 Å². The van der Waals surface area contributed by atoms with Gasteiger partial charge in [-0.05, 0) is 42.7 Å². The predicted molar refractivity (Wildman–Crippen MR) is 92.6 cm³/mol. The van der Waals surface area contributed by atoms with Gasteiger partial charge in [0.1, 0.15) is 0 Å². The normalized spacial score (nSPS) is 21.0. The molecule has 2 aliphatic heterocycles. The maximum Gasteiger partial charge on any atom is 0.286 e. The quantitative estimate of drug-likeness (QED) is 0.843. The van der Waals surface area contributed by atoms with Crippen LogP contribution in [-0.2, 0) is 4.79 Å². The van der Waals surface area contributed by atoms with E-state index in [9.17, 15) is 9.90 Å². The number of hydrogen-bond acceptors (Lipinski definition) is 5. The highest BCUT2D eigenvalue weighted by Crippen LogP contribution is 2.36. The Morgan fingerprint density at radius 3 is 2.83 bits per heavy atom. The van der Waals surface area contributed by atoms with Crippen LogP contribution in [0.1, 0.15) is 25.3 Å². The van der Waals surface area contributed by atoms with Gasteiger partial charge >= 0.3 is 0 Å². The number of amidine groups is 1. The molecule has 1 fully saturated rings. The Hall–Kier alpha value is -1.95. The van der Waals surface area contributed by atoms with E-state index in [2.05, 4.69) is 16.8 Å². The van der Waals surface area contributed by atoms with Gasteiger partial charge in [0.2, 0.25) is 0 Å². The van der Waals surface area contributed by atoms with Crippen molar-refractivity contribution in [3.8, 4) is 11.5 Å². The van der Waals surface area contributed by atoms with Crippen LogP contribution in [0.15, 0.2) is 28.1 Å². The molecule has 0 saturated carbocycles. The Bertz CT molecular complexity index is 676. The van der Waals surface area contributed by atoms with Crippen LogP contribution >= 0.6 is 11.8 Å². The van der Waals surface area contributed by atoms with Crippen molar-refractivity contribution in [1.29, 1.82) is 0 Å². The fourth-order valence-corrected chi connectivity index (χ4v) is 3.65. The minimum absolute atomic E-state index is 0.0381. The van der Waals surface area contributed by atoms with E-state index in [0.29, 0.717) is 16.2 Å². The molecular weight excluding hydrogens is 312 g/mol. The van der Waals surface area contributed by atoms with Crippen LogP contribution in [0.2, 0.25) is 0 Å². The van der Waals surface area contributed by atoms with Crippen LogP contribution in [0.25, 0.3) is 6.08 Å². The number of aromatic hydroxyl groups is 1. The van der Waals surface area contributed by atoms with Gasteiger partial charge in [0, 0.05) is 18.7 Å². The molecule has 1 aromatic rings. The molecule has 0 atom stereocenters. The van der Waals surface area contributed by atoms with Gasteiger partial charge in [-0.15, -0.1) is 0 Å². The van der Waals surface area contributed by atoms with Crippen LogP contribution in [0.3, 0.4) is 0 Å². The van der Waals surface area contributed by atoms with E-state index < -0.39 is 0 Å². The molecule has 2 heterocycles. The highest BCUT2D eigenvalue weighted by atomic mass is 32.2. The highest BCUT2D eigenvalue weighted by Gasteiger charge is 2.28. The molecule has 1 aromatic carbocycles. The Morgan fingerprint density at radius 1 is 1.39 bits per heavy atom. The number of nitrogens with zero attached hydrogens (tertiary/aromatic N) is 2. The zero-order valence-corrected chi connectivity index (χ0v) is 14.1. The summed E-state index contributed by atoms with van der Waals surface area (Å²) < 4.78 is 5.10. The summed E-state index contributed by atoms with van der Waals surface area (Å²) in [6.45, 7) is 4.14. The number of aliphatic imine (C=N–C) groups is 1. The third-order valence-electron chi connectivity index (χ3n) is 4.20. The van der Waals surface area contributed by atoms with E-state index in [1.54, 1.807) is 24.3 Å². The van der Waals surface area contributed by atoms with E-state index in [4.69, 9.17) is 4.74 Å². The Kier molecular flexibility index (Phi) is 4.61. The number of phenols is 1. The molecule has 2 aliphatic rings. The fourth-order valence-electron chi connectivity index (χ4n) is 2.69. The molecule has 1 N–H and O–H groups in total. The number of thioether (sulfide) groups is 1. The van der Waals surface area contributed by atoms with Gasteiger partial charge in [0.05, 0.1) is 12.0 Å². The molecule has 0 spiro atoms. The van der Waals surface area contributed by atoms with Crippen LogP contribution in [0.4, 0.5) is 0 Å². The molecule has 6 heteroatoms. The van der Waals surface area contributed by atoms with Gasteiger partial charge in [-0.2, -0.15) is 4.99 Å². The lowest BCUT2D eigenvalue weighted by Crippen LogP contribution is -2.35. The Labute approximate surface area is 140 Å². The van der Waals surface area contributed by atoms with Gasteiger partial charge in [-0.25, -0.2) is 0 Å². The SMILES string of the molecule is COc1cccc(/C=C2\SC(N3CCC(C)CC3)=NC2=O)c1O. The molecule has 1 amide bonds. The van der Waals surface area contributed by atoms with Crippen molar-refractivity contribution in [2.45, 2.75) is 19.8 Å². The third-order valence-corrected chi connectivity index (χ3v) is 5.24. The first-order chi connectivity index (χ1) is 11.1. The topological polar surface area (TPSA) is 62.1 Å². The summed E-state index contributed by atoms with van der Waals surface area (Å²) in [6, 6.07) is 5.21. The second-order valence-electron chi connectivity index (χ2n) is 5.88. The van der Waals surface area contributed by atoms with Crippen LogP contribution in [0.5, 0.6) is 11.5 Å². The van der Waals surface area contributed by atoms with Crippen LogP contribution in [-0.4, -0.2) is 41.3 Å². The van der Waals surface area contributed by atoms with E-state index in [1.807, 2.05) is 0 Å². The monoisotopic (exact) mass is 332 g/mol. The maximum atomic E-state index is 12.1. The lowest BCUT2D eigenvalue weighted by Gasteiger charge is -2.30. The zero-order valence-electron chi connectivity index (χ0n) is 13.3. The molecule has 3 rings (SSSR count). The van der Waals surface area contributed by atoms with Crippen molar-refractivity contribution >= 4 is 28.9 Å². The van der Waals surface area contributed by atoms with Crippen molar-refractivity contribution in [3.05, 3.63) is 28.7 Å². The molecule has 5 nitrogen and oxygen atoms in total. The Morgan fingerprint density at radius 2 is 2.13 bits per heavy atom. The molecule has 1 saturated heterocycles. The predicted octanol–water partition coefficient (Wildman–Crippen LogP) is 3.10. The number of benzene rings is 1. The summed E-state index contributed by atoms with van der Waals surface area (Å²) in [7, 11) is 1.50. The number of likely N-dealkylation sites (tertiary alicyclic amines) is 1. The van der Waals surface area contributed by atoms with Crippen LogP contribution in [0, 0.1) is 5.92 Å². The summed E-state index contributed by atoms with van der Waals surface area (Å²) in [5.74, 6) is 0.917. The minimum Gasteiger partial charge on any atom is -0.504 e. The third kappa shape index (κ3) is 3.37. The Balaban J connectivity index is 1.77. The number of ether oxygens (including phenoxy) is 1. The lowest BCUT2D eigenvalue weighted by molar-refractivity contribution is -0.113. The molecular formula is C17H20N2O3S. The summed E-state index contributed by atoms with van der Waals surface area (Å²) >= 11 is 1.38. The maximum absolute atomic E-state index is 12.1. The summed E-state index contributed by atoms with van der Waals surface area (Å²) in [5, 5.41) is 10.9. The summed E-state index contributed by atoms with van der Waals surface area (Å²) in [6.07, 6.45) is 3.93. The first-order valence-electron chi connectivity index (χ1n) is 7.72. The van der Waals surface area contributed by atoms with E-state index >= 15 is 0 Å². The number of rotatable bonds is 2. The van der Waals surface area contributed by atoms with Gasteiger partial charge in [0.15, 0.2) is 16.7 Å². The number of phenolic OH excluding ortho intramolecular Hbond substituents is 1. The number of carbonyl (C=O) groups is 1. The van der Waals surface area contributed by atoms with Crippen molar-refractivity contribution in [2.75, 3.05) is 20.2 Å². The first-order valence-corrected chi connectivity index (χ1v) is 8.53. The minimum atomic E-state index is -0.245. The van der Waals surface area contributed by atoms with Gasteiger partial charge in [-0.3, -0.25) is 4.79 Å².